The molecule has 2 aromatic rings. The maximum Gasteiger partial charge on any atom is 0.130 e. The molecule has 2 aromatic carbocycles. The first-order chi connectivity index (χ1) is 9.88. The fourth-order valence-corrected chi connectivity index (χ4v) is 2.50. The van der Waals surface area contributed by atoms with Crippen molar-refractivity contribution in [1.29, 1.82) is 0 Å². The number of hydrogen-bond donors (Lipinski definition) is 1. The standard InChI is InChI=1S/C18H22ClNO/c1-11(2)14-6-5-12(3)18(9-14)21-15-7-8-16(13(4)20)17(19)10-15/h5-11,13H,20H2,1-4H3. The van der Waals surface area contributed by atoms with Crippen molar-refractivity contribution in [2.24, 2.45) is 5.73 Å². The summed E-state index contributed by atoms with van der Waals surface area (Å²) in [6, 6.07) is 11.9. The van der Waals surface area contributed by atoms with Crippen LogP contribution in [0.3, 0.4) is 0 Å². The lowest BCUT2D eigenvalue weighted by atomic mass is 10.0. The fourth-order valence-electron chi connectivity index (χ4n) is 2.15. The van der Waals surface area contributed by atoms with Crippen molar-refractivity contribution in [3.8, 4) is 11.5 Å². The predicted octanol–water partition coefficient (Wildman–Crippen LogP) is 5.58. The Morgan fingerprint density at radius 3 is 2.33 bits per heavy atom. The van der Waals surface area contributed by atoms with Crippen molar-refractivity contribution in [3.63, 3.8) is 0 Å². The van der Waals surface area contributed by atoms with E-state index in [1.165, 1.54) is 5.56 Å². The Bertz CT molecular complexity index is 635. The zero-order valence-corrected chi connectivity index (χ0v) is 13.7. The Kier molecular flexibility index (Phi) is 4.92. The van der Waals surface area contributed by atoms with Crippen molar-refractivity contribution in [3.05, 3.63) is 58.1 Å². The Morgan fingerprint density at radius 2 is 1.76 bits per heavy atom. The number of benzene rings is 2. The second kappa shape index (κ2) is 6.50. The molecule has 2 rings (SSSR count). The second-order valence-electron chi connectivity index (χ2n) is 5.75. The van der Waals surface area contributed by atoms with Gasteiger partial charge < -0.3 is 10.5 Å². The minimum atomic E-state index is -0.0856. The van der Waals surface area contributed by atoms with E-state index in [2.05, 4.69) is 32.0 Å². The van der Waals surface area contributed by atoms with Gasteiger partial charge in [0.1, 0.15) is 11.5 Å². The molecule has 0 fully saturated rings. The molecule has 0 aliphatic rings. The summed E-state index contributed by atoms with van der Waals surface area (Å²) in [5.41, 5.74) is 9.16. The van der Waals surface area contributed by atoms with E-state index < -0.39 is 0 Å². The van der Waals surface area contributed by atoms with Crippen molar-refractivity contribution < 1.29 is 4.74 Å². The largest absolute Gasteiger partial charge is 0.457 e. The third kappa shape index (κ3) is 3.78. The molecule has 0 aromatic heterocycles. The molecular weight excluding hydrogens is 282 g/mol. The summed E-state index contributed by atoms with van der Waals surface area (Å²) in [7, 11) is 0. The maximum absolute atomic E-state index is 6.25. The van der Waals surface area contributed by atoms with Gasteiger partial charge in [-0.1, -0.05) is 43.6 Å². The lowest BCUT2D eigenvalue weighted by molar-refractivity contribution is 0.477. The summed E-state index contributed by atoms with van der Waals surface area (Å²) < 4.78 is 5.99. The molecule has 112 valence electrons. The minimum Gasteiger partial charge on any atom is -0.457 e. The number of ether oxygens (including phenoxy) is 1. The molecule has 1 atom stereocenters. The van der Waals surface area contributed by atoms with Crippen molar-refractivity contribution in [2.75, 3.05) is 0 Å². The van der Waals surface area contributed by atoms with Crippen LogP contribution in [0.25, 0.3) is 0 Å². The smallest absolute Gasteiger partial charge is 0.130 e. The van der Waals surface area contributed by atoms with Gasteiger partial charge in [0.05, 0.1) is 0 Å². The zero-order valence-electron chi connectivity index (χ0n) is 13.0. The molecule has 0 amide bonds. The highest BCUT2D eigenvalue weighted by atomic mass is 35.5. The lowest BCUT2D eigenvalue weighted by Crippen LogP contribution is -2.05. The molecule has 21 heavy (non-hydrogen) atoms. The first-order valence-corrected chi connectivity index (χ1v) is 7.59. The molecule has 0 bridgehead atoms. The SMILES string of the molecule is Cc1ccc(C(C)C)cc1Oc1ccc(C(C)N)c(Cl)c1. The molecule has 2 nitrogen and oxygen atoms in total. The van der Waals surface area contributed by atoms with E-state index >= 15 is 0 Å². The van der Waals surface area contributed by atoms with Crippen LogP contribution in [0.4, 0.5) is 0 Å². The first kappa shape index (κ1) is 15.9. The van der Waals surface area contributed by atoms with Crippen molar-refractivity contribution in [1.82, 2.24) is 0 Å². The molecule has 0 aliphatic carbocycles. The summed E-state index contributed by atoms with van der Waals surface area (Å²) in [6.07, 6.45) is 0. The number of rotatable bonds is 4. The topological polar surface area (TPSA) is 35.2 Å². The van der Waals surface area contributed by atoms with Gasteiger partial charge in [0.2, 0.25) is 0 Å². The van der Waals surface area contributed by atoms with Crippen LogP contribution >= 0.6 is 11.6 Å². The van der Waals surface area contributed by atoms with Crippen LogP contribution in [0.2, 0.25) is 5.02 Å². The van der Waals surface area contributed by atoms with Gasteiger partial charge in [-0.15, -0.1) is 0 Å². The van der Waals surface area contributed by atoms with Crippen molar-refractivity contribution >= 4 is 11.6 Å². The predicted molar refractivity (Wildman–Crippen MR) is 89.4 cm³/mol. The number of hydrogen-bond acceptors (Lipinski definition) is 2. The van der Waals surface area contributed by atoms with Gasteiger partial charge in [0, 0.05) is 11.1 Å². The van der Waals surface area contributed by atoms with E-state index in [0.717, 1.165) is 22.6 Å². The third-order valence-corrected chi connectivity index (χ3v) is 3.90. The molecule has 0 saturated heterocycles. The van der Waals surface area contributed by atoms with E-state index in [1.54, 1.807) is 0 Å². The van der Waals surface area contributed by atoms with Gasteiger partial charge in [-0.25, -0.2) is 0 Å². The molecule has 0 saturated carbocycles. The summed E-state index contributed by atoms with van der Waals surface area (Å²) in [6.45, 7) is 8.29. The Hall–Kier alpha value is -1.51. The monoisotopic (exact) mass is 303 g/mol. The van der Waals surface area contributed by atoms with E-state index in [9.17, 15) is 0 Å². The average Bonchev–Trinajstić information content (AvgIpc) is 2.40. The van der Waals surface area contributed by atoms with E-state index in [0.29, 0.717) is 10.9 Å². The summed E-state index contributed by atoms with van der Waals surface area (Å²) in [5.74, 6) is 2.07. The quantitative estimate of drug-likeness (QED) is 0.799. The van der Waals surface area contributed by atoms with Crippen LogP contribution in [0.15, 0.2) is 36.4 Å². The summed E-state index contributed by atoms with van der Waals surface area (Å²) in [5, 5.41) is 0.639. The van der Waals surface area contributed by atoms with Gasteiger partial charge in [-0.3, -0.25) is 0 Å². The van der Waals surface area contributed by atoms with E-state index in [4.69, 9.17) is 22.1 Å². The minimum absolute atomic E-state index is 0.0856. The fraction of sp³-hybridized carbons (Fsp3) is 0.333. The number of nitrogens with two attached hydrogens (primary N) is 1. The number of halogens is 1. The highest BCUT2D eigenvalue weighted by Gasteiger charge is 2.09. The maximum atomic E-state index is 6.25. The van der Waals surface area contributed by atoms with Gasteiger partial charge in [-0.05, 0) is 54.7 Å². The zero-order chi connectivity index (χ0) is 15.6. The van der Waals surface area contributed by atoms with Crippen LogP contribution in [0, 0.1) is 6.92 Å². The molecule has 1 unspecified atom stereocenters. The second-order valence-corrected chi connectivity index (χ2v) is 6.16. The van der Waals surface area contributed by atoms with Crippen LogP contribution in [-0.4, -0.2) is 0 Å². The molecule has 0 aliphatic heterocycles. The molecule has 0 spiro atoms. The molecular formula is C18H22ClNO. The highest BCUT2D eigenvalue weighted by Crippen LogP contribution is 2.32. The number of aryl methyl sites for hydroxylation is 1. The summed E-state index contributed by atoms with van der Waals surface area (Å²) in [4.78, 5) is 0. The Labute approximate surface area is 131 Å². The van der Waals surface area contributed by atoms with Gasteiger partial charge >= 0.3 is 0 Å². The Morgan fingerprint density at radius 1 is 1.05 bits per heavy atom. The Balaban J connectivity index is 2.30. The molecule has 3 heteroatoms. The van der Waals surface area contributed by atoms with Crippen LogP contribution in [-0.2, 0) is 0 Å². The highest BCUT2D eigenvalue weighted by molar-refractivity contribution is 6.31. The van der Waals surface area contributed by atoms with E-state index in [1.807, 2.05) is 32.0 Å². The molecule has 0 heterocycles. The normalized spacial score (nSPS) is 12.5. The molecule has 2 N–H and O–H groups in total. The van der Waals surface area contributed by atoms with Crippen LogP contribution in [0.1, 0.15) is 49.4 Å². The van der Waals surface area contributed by atoms with Gasteiger partial charge in [-0.2, -0.15) is 0 Å². The first-order valence-electron chi connectivity index (χ1n) is 7.22. The van der Waals surface area contributed by atoms with Crippen molar-refractivity contribution in [2.45, 2.75) is 39.7 Å². The molecule has 0 radical (unpaired) electrons. The van der Waals surface area contributed by atoms with Gasteiger partial charge in [0.15, 0.2) is 0 Å². The summed E-state index contributed by atoms with van der Waals surface area (Å²) >= 11 is 6.25. The average molecular weight is 304 g/mol. The van der Waals surface area contributed by atoms with Crippen LogP contribution < -0.4 is 10.5 Å². The van der Waals surface area contributed by atoms with Crippen LogP contribution in [0.5, 0.6) is 11.5 Å². The third-order valence-electron chi connectivity index (χ3n) is 3.57. The lowest BCUT2D eigenvalue weighted by Gasteiger charge is -2.14. The van der Waals surface area contributed by atoms with E-state index in [-0.39, 0.29) is 6.04 Å². The van der Waals surface area contributed by atoms with Gasteiger partial charge in [0.25, 0.3) is 0 Å².